The molecule has 0 N–H and O–H groups in total. The number of rotatable bonds is 2. The van der Waals surface area contributed by atoms with Crippen LogP contribution in [0.2, 0.25) is 0 Å². The minimum atomic E-state index is -1.08. The Labute approximate surface area is 98.8 Å². The largest absolute Gasteiger partial charge is 0.606 e. The summed E-state index contributed by atoms with van der Waals surface area (Å²) in [7, 11) is 0. The quantitative estimate of drug-likeness (QED) is 0.332. The third-order valence-electron chi connectivity index (χ3n) is 1.78. The Kier molecular flexibility index (Phi) is 4.24. The molecule has 0 aromatic carbocycles. The second-order valence-corrected chi connectivity index (χ2v) is 6.39. The first kappa shape index (κ1) is 12.9. The van der Waals surface area contributed by atoms with E-state index >= 15 is 0 Å². The summed E-state index contributed by atoms with van der Waals surface area (Å²) in [5, 5.41) is 0. The van der Waals surface area contributed by atoms with Crippen molar-refractivity contribution in [3.63, 3.8) is 0 Å². The number of hydrogen-bond acceptors (Lipinski definition) is 3. The molecule has 0 radical (unpaired) electrons. The normalized spacial score (nSPS) is 12.8. The fourth-order valence-electron chi connectivity index (χ4n) is 0.799. The maximum absolute atomic E-state index is 11.6. The summed E-state index contributed by atoms with van der Waals surface area (Å²) in [6.45, 7) is 7.54. The Morgan fingerprint density at radius 1 is 1.31 bits per heavy atom. The number of aryl methyl sites for hydroxylation is 1. The monoisotopic (exact) mass is 238 g/mol. The first-order valence-corrected chi connectivity index (χ1v) is 6.17. The Bertz CT molecular complexity index is 402. The molecule has 4 nitrogen and oxygen atoms in total. The highest BCUT2D eigenvalue weighted by Gasteiger charge is 2.27. The number of aromatic nitrogens is 2. The van der Waals surface area contributed by atoms with Gasteiger partial charge in [-0.15, -0.1) is 0 Å². The maximum Gasteiger partial charge on any atom is 0.459 e. The Balaban J connectivity index is 2.74. The summed E-state index contributed by atoms with van der Waals surface area (Å²) in [5.74, 6) is 0.722. The van der Waals surface area contributed by atoms with Crippen molar-refractivity contribution in [3.8, 4) is 0 Å². The second-order valence-electron chi connectivity index (χ2n) is 4.36. The molecule has 1 unspecified atom stereocenters. The van der Waals surface area contributed by atoms with Gasteiger partial charge in [-0.1, -0.05) is 0 Å². The van der Waals surface area contributed by atoms with Crippen LogP contribution in [-0.4, -0.2) is 31.0 Å². The van der Waals surface area contributed by atoms with Crippen molar-refractivity contribution in [1.29, 1.82) is 0 Å². The number of hydrogen-bond donors (Lipinski definition) is 0. The predicted octanol–water partition coefficient (Wildman–Crippen LogP) is 0.847. The summed E-state index contributed by atoms with van der Waals surface area (Å²) in [5.41, 5.74) is 2.24. The summed E-state index contributed by atoms with van der Waals surface area (Å²) >= 11 is -1.08. The van der Waals surface area contributed by atoms with Crippen molar-refractivity contribution >= 4 is 22.9 Å². The van der Waals surface area contributed by atoms with E-state index in [1.165, 1.54) is 5.55 Å². The van der Waals surface area contributed by atoms with E-state index in [1.807, 2.05) is 27.7 Å². The molecule has 1 rings (SSSR count). The molecule has 0 aliphatic carbocycles. The van der Waals surface area contributed by atoms with E-state index < -0.39 is 11.2 Å². The van der Waals surface area contributed by atoms with Crippen LogP contribution in [0.4, 0.5) is 0 Å². The van der Waals surface area contributed by atoms with Crippen molar-refractivity contribution in [2.45, 2.75) is 32.4 Å². The Morgan fingerprint density at radius 2 is 1.88 bits per heavy atom. The van der Waals surface area contributed by atoms with E-state index in [-0.39, 0.29) is 4.75 Å². The third-order valence-corrected chi connectivity index (χ3v) is 3.30. The molecule has 0 fully saturated rings. The molecule has 1 atom stereocenters. The SMILES string of the molecule is Cc1ncc(C=[N+]=C[S+]([O-])C(C)(C)C)cn1. The molecule has 1 heterocycles. The van der Waals surface area contributed by atoms with Gasteiger partial charge in [0.05, 0.1) is 16.7 Å². The van der Waals surface area contributed by atoms with E-state index in [9.17, 15) is 4.55 Å². The van der Waals surface area contributed by atoms with Crippen LogP contribution < -0.4 is 4.67 Å². The highest BCUT2D eigenvalue weighted by molar-refractivity contribution is 8.05. The van der Waals surface area contributed by atoms with Crippen molar-refractivity contribution < 1.29 is 4.55 Å². The zero-order chi connectivity index (χ0) is 12.2. The lowest BCUT2D eigenvalue weighted by Gasteiger charge is -2.15. The summed E-state index contributed by atoms with van der Waals surface area (Å²) < 4.78 is 15.4. The van der Waals surface area contributed by atoms with Crippen molar-refractivity contribution in [2.24, 2.45) is 0 Å². The van der Waals surface area contributed by atoms with Crippen molar-refractivity contribution in [2.75, 3.05) is 0 Å². The lowest BCUT2D eigenvalue weighted by atomic mass is 10.3. The minimum absolute atomic E-state index is 0.277. The van der Waals surface area contributed by atoms with Crippen LogP contribution in [0.1, 0.15) is 32.2 Å². The summed E-state index contributed by atoms with van der Waals surface area (Å²) in [6.07, 6.45) is 4.96. The highest BCUT2D eigenvalue weighted by atomic mass is 32.2. The smallest absolute Gasteiger partial charge is 0.459 e. The van der Waals surface area contributed by atoms with Crippen LogP contribution in [0.3, 0.4) is 0 Å². The molecule has 0 saturated carbocycles. The van der Waals surface area contributed by atoms with Crippen LogP contribution in [0.5, 0.6) is 0 Å². The first-order valence-electron chi connectivity index (χ1n) is 4.95. The van der Waals surface area contributed by atoms with E-state index in [0.29, 0.717) is 0 Å². The van der Waals surface area contributed by atoms with Gasteiger partial charge in [-0.25, -0.2) is 9.97 Å². The van der Waals surface area contributed by atoms with Gasteiger partial charge in [-0.3, -0.25) is 0 Å². The molecule has 16 heavy (non-hydrogen) atoms. The van der Waals surface area contributed by atoms with Gasteiger partial charge < -0.3 is 4.55 Å². The zero-order valence-electron chi connectivity index (χ0n) is 9.97. The summed E-state index contributed by atoms with van der Waals surface area (Å²) in [6, 6.07) is 0. The van der Waals surface area contributed by atoms with Crippen LogP contribution >= 0.6 is 0 Å². The van der Waals surface area contributed by atoms with Crippen LogP contribution in [0, 0.1) is 6.92 Å². The molecule has 0 bridgehead atoms. The second kappa shape index (κ2) is 5.25. The van der Waals surface area contributed by atoms with Crippen LogP contribution in [0.15, 0.2) is 12.4 Å². The van der Waals surface area contributed by atoms with E-state index in [2.05, 4.69) is 14.6 Å². The average Bonchev–Trinajstić information content (AvgIpc) is 2.19. The predicted molar refractivity (Wildman–Crippen MR) is 68.0 cm³/mol. The fraction of sp³-hybridized carbons (Fsp3) is 0.455. The molecule has 0 saturated heterocycles. The van der Waals surface area contributed by atoms with Gasteiger partial charge in [0.25, 0.3) is 0 Å². The molecule has 86 valence electrons. The lowest BCUT2D eigenvalue weighted by Crippen LogP contribution is -2.29. The average molecular weight is 238 g/mol. The molecular formula is C11H16N3OS+. The topological polar surface area (TPSA) is 62.9 Å². The van der Waals surface area contributed by atoms with Crippen LogP contribution in [0.25, 0.3) is 0 Å². The maximum atomic E-state index is 11.6. The van der Waals surface area contributed by atoms with Gasteiger partial charge in [0.2, 0.25) is 0 Å². The zero-order valence-corrected chi connectivity index (χ0v) is 10.8. The molecule has 0 aliphatic rings. The first-order chi connectivity index (χ1) is 7.39. The van der Waals surface area contributed by atoms with Gasteiger partial charge in [0.15, 0.2) is 0 Å². The van der Waals surface area contributed by atoms with Gasteiger partial charge in [0, 0.05) is 12.4 Å². The fourth-order valence-corrected chi connectivity index (χ4v) is 1.29. The van der Waals surface area contributed by atoms with E-state index in [1.54, 1.807) is 18.6 Å². The lowest BCUT2D eigenvalue weighted by molar-refractivity contribution is 0.573. The Hall–Kier alpha value is -1.16. The van der Waals surface area contributed by atoms with Gasteiger partial charge in [-0.2, -0.15) is 0 Å². The molecular weight excluding hydrogens is 222 g/mol. The van der Waals surface area contributed by atoms with Gasteiger partial charge >= 0.3 is 11.8 Å². The third kappa shape index (κ3) is 4.14. The van der Waals surface area contributed by atoms with Gasteiger partial charge in [-0.05, 0) is 32.4 Å². The summed E-state index contributed by atoms with van der Waals surface area (Å²) in [4.78, 5) is 8.07. The van der Waals surface area contributed by atoms with E-state index in [0.717, 1.165) is 11.4 Å². The van der Waals surface area contributed by atoms with E-state index in [4.69, 9.17) is 0 Å². The molecule has 0 spiro atoms. The highest BCUT2D eigenvalue weighted by Crippen LogP contribution is 2.12. The van der Waals surface area contributed by atoms with Crippen LogP contribution in [-0.2, 0) is 11.2 Å². The number of nitrogens with zero attached hydrogens (tertiary/aromatic N) is 3. The minimum Gasteiger partial charge on any atom is -0.606 e. The molecule has 0 amide bonds. The van der Waals surface area contributed by atoms with Gasteiger partial charge in [0.1, 0.15) is 10.6 Å². The standard InChI is InChI=1S/C11H16N3OS/c1-9-13-6-10(7-14-9)5-12-8-16(15)11(2,3)4/h5-8H,1-4H3/q+1. The molecule has 5 heteroatoms. The molecule has 1 aromatic rings. The Morgan fingerprint density at radius 3 is 2.38 bits per heavy atom. The van der Waals surface area contributed by atoms with Crippen molar-refractivity contribution in [3.05, 3.63) is 23.8 Å². The molecule has 1 aromatic heterocycles. The van der Waals surface area contributed by atoms with Crippen molar-refractivity contribution in [1.82, 2.24) is 14.6 Å². The molecule has 0 aliphatic heterocycles.